The van der Waals surface area contributed by atoms with E-state index in [1.807, 2.05) is 0 Å². The standard InChI is InChI=1S/C11H22NO2/c1-14-9-7-12-6-2-4-11(10-12)5-3-8-13/h11H,2-10H2,1H3. The molecule has 1 rings (SSSR count). The van der Waals surface area contributed by atoms with Crippen LogP contribution in [0.4, 0.5) is 0 Å². The maximum atomic E-state index is 10.4. The summed E-state index contributed by atoms with van der Waals surface area (Å²) in [5.74, 6) is 0.759. The van der Waals surface area contributed by atoms with Crippen LogP contribution in [0.2, 0.25) is 0 Å². The molecule has 0 saturated carbocycles. The second-order valence-electron chi connectivity index (χ2n) is 4.15. The van der Waals surface area contributed by atoms with E-state index in [-0.39, 0.29) is 6.61 Å². The lowest BCUT2D eigenvalue weighted by Gasteiger charge is -2.32. The van der Waals surface area contributed by atoms with Crippen molar-refractivity contribution in [2.24, 2.45) is 5.92 Å². The van der Waals surface area contributed by atoms with Crippen molar-refractivity contribution in [2.75, 3.05) is 40.0 Å². The molecule has 1 aliphatic rings. The molecule has 14 heavy (non-hydrogen) atoms. The predicted molar refractivity (Wildman–Crippen MR) is 55.8 cm³/mol. The van der Waals surface area contributed by atoms with Gasteiger partial charge < -0.3 is 9.64 Å². The van der Waals surface area contributed by atoms with Crippen molar-refractivity contribution in [1.82, 2.24) is 4.90 Å². The summed E-state index contributed by atoms with van der Waals surface area (Å²) < 4.78 is 5.07. The van der Waals surface area contributed by atoms with Gasteiger partial charge in [0.1, 0.15) is 0 Å². The average Bonchev–Trinajstić information content (AvgIpc) is 2.24. The van der Waals surface area contributed by atoms with Gasteiger partial charge in [-0.05, 0) is 38.1 Å². The third-order valence-electron chi connectivity index (χ3n) is 2.97. The Labute approximate surface area is 87.1 Å². The normalized spacial score (nSPS) is 24.0. The van der Waals surface area contributed by atoms with Crippen LogP contribution in [0.5, 0.6) is 0 Å². The van der Waals surface area contributed by atoms with Gasteiger partial charge in [0, 0.05) is 20.2 Å². The van der Waals surface area contributed by atoms with Crippen LogP contribution in [-0.4, -0.2) is 44.9 Å². The fourth-order valence-electron chi connectivity index (χ4n) is 2.18. The molecule has 3 heteroatoms. The molecular formula is C11H22NO2. The van der Waals surface area contributed by atoms with E-state index < -0.39 is 0 Å². The van der Waals surface area contributed by atoms with Gasteiger partial charge in [0.05, 0.1) is 13.2 Å². The minimum absolute atomic E-state index is 0.0918. The highest BCUT2D eigenvalue weighted by atomic mass is 16.5. The lowest BCUT2D eigenvalue weighted by molar-refractivity contribution is 0.106. The molecule has 0 spiro atoms. The van der Waals surface area contributed by atoms with Crippen molar-refractivity contribution in [2.45, 2.75) is 25.7 Å². The van der Waals surface area contributed by atoms with Crippen LogP contribution in [-0.2, 0) is 9.84 Å². The second-order valence-corrected chi connectivity index (χ2v) is 4.15. The summed E-state index contributed by atoms with van der Waals surface area (Å²) in [5.41, 5.74) is 0. The first-order valence-corrected chi connectivity index (χ1v) is 5.66. The van der Waals surface area contributed by atoms with Crippen LogP contribution in [0.15, 0.2) is 0 Å². The molecule has 0 aromatic rings. The van der Waals surface area contributed by atoms with Crippen LogP contribution in [0.1, 0.15) is 25.7 Å². The molecule has 0 aromatic heterocycles. The van der Waals surface area contributed by atoms with Crippen molar-refractivity contribution in [3.05, 3.63) is 0 Å². The van der Waals surface area contributed by atoms with E-state index in [1.165, 1.54) is 25.9 Å². The lowest BCUT2D eigenvalue weighted by atomic mass is 9.93. The van der Waals surface area contributed by atoms with Gasteiger partial charge in [-0.15, -0.1) is 0 Å². The number of ether oxygens (including phenoxy) is 1. The second kappa shape index (κ2) is 7.21. The van der Waals surface area contributed by atoms with Gasteiger partial charge in [-0.2, -0.15) is 0 Å². The molecular weight excluding hydrogens is 178 g/mol. The van der Waals surface area contributed by atoms with E-state index in [4.69, 9.17) is 4.74 Å². The van der Waals surface area contributed by atoms with Crippen molar-refractivity contribution < 1.29 is 9.84 Å². The summed E-state index contributed by atoms with van der Waals surface area (Å²) in [5, 5.41) is 10.4. The summed E-state index contributed by atoms with van der Waals surface area (Å²) in [6, 6.07) is 0. The summed E-state index contributed by atoms with van der Waals surface area (Å²) in [4.78, 5) is 2.46. The highest BCUT2D eigenvalue weighted by Crippen LogP contribution is 2.20. The molecule has 0 aromatic carbocycles. The Morgan fingerprint density at radius 2 is 2.36 bits per heavy atom. The molecule has 1 radical (unpaired) electrons. The Morgan fingerprint density at radius 3 is 3.07 bits per heavy atom. The number of nitrogens with zero attached hydrogens (tertiary/aromatic N) is 1. The van der Waals surface area contributed by atoms with Gasteiger partial charge in [-0.25, -0.2) is 5.11 Å². The molecule has 3 nitrogen and oxygen atoms in total. The Bertz CT molecular complexity index is 127. The maximum Gasteiger partial charge on any atom is 0.0822 e. The Kier molecular flexibility index (Phi) is 6.15. The number of rotatable bonds is 6. The van der Waals surface area contributed by atoms with Crippen molar-refractivity contribution in [3.63, 3.8) is 0 Å². The smallest absolute Gasteiger partial charge is 0.0822 e. The van der Waals surface area contributed by atoms with Gasteiger partial charge in [0.25, 0.3) is 0 Å². The van der Waals surface area contributed by atoms with Crippen LogP contribution in [0.3, 0.4) is 0 Å². The zero-order valence-electron chi connectivity index (χ0n) is 9.21. The molecule has 1 unspecified atom stereocenters. The topological polar surface area (TPSA) is 32.4 Å². The highest BCUT2D eigenvalue weighted by molar-refractivity contribution is 4.72. The van der Waals surface area contributed by atoms with Gasteiger partial charge in [-0.1, -0.05) is 0 Å². The molecule has 83 valence electrons. The first kappa shape index (κ1) is 12.0. The van der Waals surface area contributed by atoms with Crippen LogP contribution in [0.25, 0.3) is 0 Å². The fraction of sp³-hybridized carbons (Fsp3) is 1.00. The third kappa shape index (κ3) is 4.40. The molecule has 1 atom stereocenters. The van der Waals surface area contributed by atoms with Crippen molar-refractivity contribution in [1.29, 1.82) is 0 Å². The molecule has 1 heterocycles. The molecule has 0 N–H and O–H groups in total. The van der Waals surface area contributed by atoms with E-state index in [0.717, 1.165) is 31.9 Å². The Balaban J connectivity index is 2.14. The zero-order chi connectivity index (χ0) is 10.2. The van der Waals surface area contributed by atoms with Crippen LogP contribution >= 0.6 is 0 Å². The van der Waals surface area contributed by atoms with E-state index >= 15 is 0 Å². The Hall–Kier alpha value is -0.120. The lowest BCUT2D eigenvalue weighted by Crippen LogP contribution is -2.37. The molecule has 1 saturated heterocycles. The number of piperidine rings is 1. The summed E-state index contributed by atoms with van der Waals surface area (Å²) in [6.07, 6.45) is 4.56. The van der Waals surface area contributed by atoms with Gasteiger partial charge in [-0.3, -0.25) is 0 Å². The molecule has 1 aliphatic heterocycles. The monoisotopic (exact) mass is 200 g/mol. The zero-order valence-corrected chi connectivity index (χ0v) is 9.21. The minimum atomic E-state index is 0.0918. The average molecular weight is 200 g/mol. The summed E-state index contributed by atoms with van der Waals surface area (Å²) in [6.45, 7) is 4.34. The van der Waals surface area contributed by atoms with Gasteiger partial charge >= 0.3 is 0 Å². The SMILES string of the molecule is COCCN1CCCC(CCC[O])C1. The number of hydrogen-bond donors (Lipinski definition) is 0. The van der Waals surface area contributed by atoms with Gasteiger partial charge in [0.15, 0.2) is 0 Å². The summed E-state index contributed by atoms with van der Waals surface area (Å²) >= 11 is 0. The largest absolute Gasteiger partial charge is 0.383 e. The maximum absolute atomic E-state index is 10.4. The molecule has 1 fully saturated rings. The van der Waals surface area contributed by atoms with E-state index in [2.05, 4.69) is 4.90 Å². The van der Waals surface area contributed by atoms with Crippen LogP contribution in [0, 0.1) is 5.92 Å². The first-order chi connectivity index (χ1) is 6.86. The molecule has 0 bridgehead atoms. The minimum Gasteiger partial charge on any atom is -0.383 e. The van der Waals surface area contributed by atoms with Crippen molar-refractivity contribution in [3.8, 4) is 0 Å². The number of likely N-dealkylation sites (tertiary alicyclic amines) is 1. The van der Waals surface area contributed by atoms with E-state index in [9.17, 15) is 5.11 Å². The number of methoxy groups -OCH3 is 1. The van der Waals surface area contributed by atoms with E-state index in [1.54, 1.807) is 7.11 Å². The first-order valence-electron chi connectivity index (χ1n) is 5.66. The van der Waals surface area contributed by atoms with E-state index in [0.29, 0.717) is 0 Å². The van der Waals surface area contributed by atoms with Crippen molar-refractivity contribution >= 4 is 0 Å². The van der Waals surface area contributed by atoms with Gasteiger partial charge in [0.2, 0.25) is 0 Å². The number of hydrogen-bond acceptors (Lipinski definition) is 2. The van der Waals surface area contributed by atoms with Crippen LogP contribution < -0.4 is 0 Å². The quantitative estimate of drug-likeness (QED) is 0.651. The molecule has 0 amide bonds. The Morgan fingerprint density at radius 1 is 1.50 bits per heavy atom. The fourth-order valence-corrected chi connectivity index (χ4v) is 2.18. The highest BCUT2D eigenvalue weighted by Gasteiger charge is 2.18. The predicted octanol–water partition coefficient (Wildman–Crippen LogP) is 1.56. The third-order valence-corrected chi connectivity index (χ3v) is 2.97. The summed E-state index contributed by atoms with van der Waals surface area (Å²) in [7, 11) is 1.75. The molecule has 0 aliphatic carbocycles.